The molecule has 1 heterocycles. The molecule has 4 aromatic rings. The van der Waals surface area contributed by atoms with Crippen LogP contribution in [0, 0.1) is 30.9 Å². The van der Waals surface area contributed by atoms with Crippen LogP contribution in [0.1, 0.15) is 58.8 Å². The summed E-state index contributed by atoms with van der Waals surface area (Å²) in [6.07, 6.45) is 3.55. The number of aryl methyl sites for hydroxylation is 3. The van der Waals surface area contributed by atoms with Gasteiger partial charge in [0.2, 0.25) is 0 Å². The van der Waals surface area contributed by atoms with Crippen molar-refractivity contribution in [3.8, 4) is 5.69 Å². The second-order valence-corrected chi connectivity index (χ2v) is 11.8. The van der Waals surface area contributed by atoms with E-state index in [0.29, 0.717) is 35.1 Å². The molecule has 0 fully saturated rings. The third-order valence-electron chi connectivity index (χ3n) is 7.49. The van der Waals surface area contributed by atoms with Crippen LogP contribution in [0.5, 0.6) is 0 Å². The topological polar surface area (TPSA) is 72.6 Å². The third kappa shape index (κ3) is 7.00. The first-order chi connectivity index (χ1) is 20.7. The SMILES string of the molecule is [C-]#[N+]NC(N)=NCCCc1cc(F)c(CSc2nc3c(n2-c2ccc(F)cc2)C(c2ccc(Cl)c(C)c2)CCC3)c(F)c1. The number of nitrogens with one attached hydrogen (secondary N) is 1. The Bertz CT molecular complexity index is 1670. The Kier molecular flexibility index (Phi) is 9.63. The Morgan fingerprint density at radius 1 is 1.16 bits per heavy atom. The van der Waals surface area contributed by atoms with Gasteiger partial charge in [-0.1, -0.05) is 40.9 Å². The molecule has 43 heavy (non-hydrogen) atoms. The lowest BCUT2D eigenvalue weighted by Gasteiger charge is -2.25. The Morgan fingerprint density at radius 2 is 1.91 bits per heavy atom. The maximum atomic E-state index is 15.2. The van der Waals surface area contributed by atoms with E-state index in [1.807, 2.05) is 23.6 Å². The van der Waals surface area contributed by atoms with E-state index < -0.39 is 11.6 Å². The van der Waals surface area contributed by atoms with Gasteiger partial charge >= 0.3 is 0 Å². The van der Waals surface area contributed by atoms with Gasteiger partial charge < -0.3 is 5.73 Å². The van der Waals surface area contributed by atoms with Gasteiger partial charge in [-0.15, -0.1) is 0 Å². The molecule has 0 spiro atoms. The standard InChI is InChI=1S/C32H30ClF3N6S/c1-19-15-21(8-13-26(19)33)24-6-3-7-29-30(24)42(23-11-9-22(34)10-12-23)32(40-29)43-18-25-27(35)16-20(17-28(25)36)5-4-14-39-31(37)41-38-2/h8-13,15-17,24H,3-7,14,18H2,1H3,(H3,37,39,41). The van der Waals surface area contributed by atoms with Crippen LogP contribution in [-0.4, -0.2) is 22.1 Å². The fraction of sp³-hybridized carbons (Fsp3) is 0.281. The van der Waals surface area contributed by atoms with E-state index in [-0.39, 0.29) is 29.0 Å². The number of guanidine groups is 1. The van der Waals surface area contributed by atoms with Crippen LogP contribution >= 0.6 is 23.4 Å². The minimum absolute atomic E-state index is 0.00927. The van der Waals surface area contributed by atoms with E-state index in [1.54, 1.807) is 12.1 Å². The number of nitrogens with zero attached hydrogens (tertiary/aromatic N) is 4. The van der Waals surface area contributed by atoms with E-state index in [4.69, 9.17) is 28.9 Å². The first-order valence-corrected chi connectivity index (χ1v) is 15.3. The molecule has 1 atom stereocenters. The van der Waals surface area contributed by atoms with Crippen molar-refractivity contribution in [1.82, 2.24) is 15.0 Å². The molecular weight excluding hydrogens is 593 g/mol. The molecule has 1 aromatic heterocycles. The third-order valence-corrected chi connectivity index (χ3v) is 8.88. The Balaban J connectivity index is 1.42. The van der Waals surface area contributed by atoms with Crippen molar-refractivity contribution in [3.63, 3.8) is 0 Å². The van der Waals surface area contributed by atoms with Crippen LogP contribution in [0.2, 0.25) is 5.02 Å². The van der Waals surface area contributed by atoms with Crippen molar-refractivity contribution in [3.05, 3.63) is 122 Å². The summed E-state index contributed by atoms with van der Waals surface area (Å²) in [7, 11) is 0. The number of halogens is 4. The Hall–Kier alpha value is -3.94. The summed E-state index contributed by atoms with van der Waals surface area (Å²) in [5.41, 5.74) is 13.0. The zero-order chi connectivity index (χ0) is 30.5. The predicted molar refractivity (Wildman–Crippen MR) is 165 cm³/mol. The average molecular weight is 623 g/mol. The number of nitrogens with two attached hydrogens (primary N) is 1. The molecule has 0 saturated heterocycles. The summed E-state index contributed by atoms with van der Waals surface area (Å²) in [4.78, 5) is 11.9. The molecule has 3 N–H and O–H groups in total. The van der Waals surface area contributed by atoms with Crippen LogP contribution in [0.25, 0.3) is 10.6 Å². The van der Waals surface area contributed by atoms with Crippen molar-refractivity contribution in [2.24, 2.45) is 10.7 Å². The second kappa shape index (κ2) is 13.6. The van der Waals surface area contributed by atoms with E-state index in [2.05, 4.69) is 21.4 Å². The van der Waals surface area contributed by atoms with Crippen LogP contribution < -0.4 is 11.2 Å². The number of hydrogen-bond donors (Lipinski definition) is 2. The normalized spacial score (nSPS) is 14.8. The molecular formula is C32H30ClF3N6S. The molecule has 222 valence electrons. The van der Waals surface area contributed by atoms with E-state index in [9.17, 15) is 4.39 Å². The minimum Gasteiger partial charge on any atom is -0.365 e. The largest absolute Gasteiger partial charge is 0.365 e. The quantitative estimate of drug-likeness (QED) is 0.0501. The first kappa shape index (κ1) is 30.5. The molecule has 0 amide bonds. The number of benzene rings is 3. The van der Waals surface area contributed by atoms with E-state index >= 15 is 8.78 Å². The predicted octanol–water partition coefficient (Wildman–Crippen LogP) is 7.68. The summed E-state index contributed by atoms with van der Waals surface area (Å²) in [6.45, 7) is 9.00. The fourth-order valence-electron chi connectivity index (χ4n) is 5.40. The molecule has 1 aliphatic rings. The van der Waals surface area contributed by atoms with Crippen LogP contribution in [0.4, 0.5) is 13.2 Å². The lowest BCUT2D eigenvalue weighted by molar-refractivity contribution is 0.562. The van der Waals surface area contributed by atoms with Gasteiger partial charge in [0.1, 0.15) is 17.5 Å². The number of aromatic nitrogens is 2. The Morgan fingerprint density at radius 3 is 2.60 bits per heavy atom. The zero-order valence-electron chi connectivity index (χ0n) is 23.5. The summed E-state index contributed by atoms with van der Waals surface area (Å²) < 4.78 is 46.3. The highest BCUT2D eigenvalue weighted by Gasteiger charge is 2.30. The number of aliphatic imine (C=N–C) groups is 1. The van der Waals surface area contributed by atoms with Crippen molar-refractivity contribution in [2.45, 2.75) is 55.9 Å². The molecule has 0 saturated carbocycles. The van der Waals surface area contributed by atoms with E-state index in [0.717, 1.165) is 47.5 Å². The van der Waals surface area contributed by atoms with Gasteiger partial charge in [-0.25, -0.2) is 23.1 Å². The molecule has 5 rings (SSSR count). The molecule has 11 heteroatoms. The highest BCUT2D eigenvalue weighted by Crippen LogP contribution is 2.42. The van der Waals surface area contributed by atoms with Crippen molar-refractivity contribution in [2.75, 3.05) is 6.54 Å². The minimum atomic E-state index is -0.626. The lowest BCUT2D eigenvalue weighted by Crippen LogP contribution is -2.25. The lowest BCUT2D eigenvalue weighted by atomic mass is 9.83. The number of fused-ring (bicyclic) bond motifs is 1. The zero-order valence-corrected chi connectivity index (χ0v) is 25.1. The van der Waals surface area contributed by atoms with Crippen molar-refractivity contribution in [1.29, 1.82) is 0 Å². The van der Waals surface area contributed by atoms with Crippen LogP contribution in [-0.2, 0) is 18.6 Å². The smallest absolute Gasteiger partial charge is 0.259 e. The highest BCUT2D eigenvalue weighted by molar-refractivity contribution is 7.98. The molecule has 0 bridgehead atoms. The van der Waals surface area contributed by atoms with Crippen molar-refractivity contribution >= 4 is 29.3 Å². The Labute approximate surface area is 258 Å². The van der Waals surface area contributed by atoms with Gasteiger partial charge in [0.15, 0.2) is 5.16 Å². The summed E-state index contributed by atoms with van der Waals surface area (Å²) in [5, 5.41) is 1.30. The summed E-state index contributed by atoms with van der Waals surface area (Å²) in [5.74, 6) is -1.52. The summed E-state index contributed by atoms with van der Waals surface area (Å²) in [6, 6.07) is 14.9. The molecule has 1 aliphatic carbocycles. The van der Waals surface area contributed by atoms with Gasteiger partial charge in [-0.3, -0.25) is 4.57 Å². The maximum Gasteiger partial charge on any atom is 0.259 e. The van der Waals surface area contributed by atoms with Crippen molar-refractivity contribution < 1.29 is 13.2 Å². The van der Waals surface area contributed by atoms with Gasteiger partial charge in [0.05, 0.1) is 11.4 Å². The fourth-order valence-corrected chi connectivity index (χ4v) is 6.58. The molecule has 0 aliphatic heterocycles. The van der Waals surface area contributed by atoms with Gasteiger partial charge in [-0.2, -0.15) is 11.5 Å². The summed E-state index contributed by atoms with van der Waals surface area (Å²) >= 11 is 7.57. The molecule has 1 unspecified atom stereocenters. The number of rotatable bonds is 9. The number of hydrogen-bond acceptors (Lipinski definition) is 3. The average Bonchev–Trinajstić information content (AvgIpc) is 3.35. The molecule has 6 nitrogen and oxygen atoms in total. The number of thioether (sulfide) groups is 1. The van der Waals surface area contributed by atoms with Gasteiger partial charge in [-0.05, 0) is 98.2 Å². The molecule has 3 aromatic carbocycles. The van der Waals surface area contributed by atoms with Gasteiger partial charge in [0.25, 0.3) is 5.96 Å². The monoisotopic (exact) mass is 622 g/mol. The molecule has 0 radical (unpaired) electrons. The second-order valence-electron chi connectivity index (χ2n) is 10.4. The first-order valence-electron chi connectivity index (χ1n) is 13.9. The van der Waals surface area contributed by atoms with Crippen LogP contribution in [0.3, 0.4) is 0 Å². The number of imidazole rings is 1. The maximum absolute atomic E-state index is 15.2. The van der Waals surface area contributed by atoms with Crippen LogP contribution in [0.15, 0.2) is 64.7 Å². The highest BCUT2D eigenvalue weighted by atomic mass is 35.5. The van der Waals surface area contributed by atoms with Gasteiger partial charge in [0, 0.05) is 34.5 Å². The van der Waals surface area contributed by atoms with E-state index in [1.165, 1.54) is 36.0 Å².